The molecule has 3 aromatic rings. The first-order valence-corrected chi connectivity index (χ1v) is 10.1. The fraction of sp³-hybridized carbons (Fsp3) is 0.348. The van der Waals surface area contributed by atoms with Crippen molar-refractivity contribution in [1.82, 2.24) is 9.97 Å². The molecule has 142 valence electrons. The molecule has 0 saturated heterocycles. The number of hydrogen-bond acceptors (Lipinski definition) is 5. The van der Waals surface area contributed by atoms with E-state index in [0.717, 1.165) is 46.0 Å². The number of hydrogen-bond donors (Lipinski definition) is 1. The summed E-state index contributed by atoms with van der Waals surface area (Å²) in [7, 11) is 0. The van der Waals surface area contributed by atoms with Crippen LogP contribution in [0, 0.1) is 5.92 Å². The number of fused-ring (bicyclic) bond motifs is 2. The Morgan fingerprint density at radius 2 is 1.93 bits per heavy atom. The Morgan fingerprint density at radius 3 is 2.86 bits per heavy atom. The zero-order chi connectivity index (χ0) is 18.8. The number of nitrogens with zero attached hydrogens (tertiary/aromatic N) is 3. The van der Waals surface area contributed by atoms with Crippen molar-refractivity contribution in [3.8, 4) is 5.88 Å². The Hall–Kier alpha value is -2.95. The van der Waals surface area contributed by atoms with E-state index >= 15 is 0 Å². The first-order chi connectivity index (χ1) is 13.9. The molecule has 0 unspecified atom stereocenters. The van der Waals surface area contributed by atoms with Crippen LogP contribution in [0.4, 0.5) is 5.69 Å². The second-order valence-electron chi connectivity index (χ2n) is 7.67. The molecule has 1 N–H and O–H groups in total. The average molecular weight is 372 g/mol. The molecule has 0 radical (unpaired) electrons. The third kappa shape index (κ3) is 3.44. The van der Waals surface area contributed by atoms with E-state index in [4.69, 9.17) is 4.74 Å². The summed E-state index contributed by atoms with van der Waals surface area (Å²) in [4.78, 5) is 13.5. The van der Waals surface area contributed by atoms with E-state index in [2.05, 4.69) is 44.5 Å². The van der Waals surface area contributed by atoms with E-state index in [9.17, 15) is 0 Å². The maximum absolute atomic E-state index is 6.11. The molecule has 0 spiro atoms. The number of aliphatic imine (C=N–C) groups is 1. The fourth-order valence-corrected chi connectivity index (χ4v) is 4.15. The highest BCUT2D eigenvalue weighted by Gasteiger charge is 2.18. The number of pyridine rings is 2. The maximum atomic E-state index is 6.11. The summed E-state index contributed by atoms with van der Waals surface area (Å²) in [6, 6.07) is 12.3. The molecule has 0 atom stereocenters. The molecule has 0 amide bonds. The topological polar surface area (TPSA) is 59.4 Å². The van der Waals surface area contributed by atoms with Crippen molar-refractivity contribution in [3.05, 3.63) is 60.0 Å². The Kier molecular flexibility index (Phi) is 4.65. The van der Waals surface area contributed by atoms with E-state index in [1.807, 2.05) is 24.5 Å². The lowest BCUT2D eigenvalue weighted by atomic mass is 9.90. The zero-order valence-electron chi connectivity index (χ0n) is 15.9. The second-order valence-corrected chi connectivity index (χ2v) is 7.67. The molecule has 2 aromatic heterocycles. The van der Waals surface area contributed by atoms with Gasteiger partial charge in [-0.3, -0.25) is 9.98 Å². The highest BCUT2D eigenvalue weighted by Crippen LogP contribution is 2.29. The Morgan fingerprint density at radius 1 is 1.00 bits per heavy atom. The van der Waals surface area contributed by atoms with E-state index < -0.39 is 0 Å². The zero-order valence-corrected chi connectivity index (χ0v) is 15.9. The molecule has 1 aliphatic heterocycles. The highest BCUT2D eigenvalue weighted by atomic mass is 16.5. The fourth-order valence-electron chi connectivity index (χ4n) is 4.15. The van der Waals surface area contributed by atoms with Crippen LogP contribution in [0.15, 0.2) is 53.8 Å². The van der Waals surface area contributed by atoms with E-state index in [-0.39, 0.29) is 0 Å². The number of anilines is 1. The van der Waals surface area contributed by atoms with Crippen LogP contribution in [0.3, 0.4) is 0 Å². The predicted octanol–water partition coefficient (Wildman–Crippen LogP) is 4.96. The minimum atomic E-state index is 0.666. The summed E-state index contributed by atoms with van der Waals surface area (Å²) in [5.74, 6) is 2.23. The largest absolute Gasteiger partial charge is 0.477 e. The van der Waals surface area contributed by atoms with Crippen LogP contribution in [0.1, 0.15) is 43.4 Å². The first kappa shape index (κ1) is 17.2. The smallest absolute Gasteiger partial charge is 0.221 e. The molecule has 1 aliphatic carbocycles. The van der Waals surface area contributed by atoms with E-state index in [1.54, 1.807) is 0 Å². The SMILES string of the molecule is c1cnc2c(c1)CN=C2Nc1ccc2c(OCC3CCCCC3)nccc2c1. The Labute approximate surface area is 164 Å². The van der Waals surface area contributed by atoms with Crippen molar-refractivity contribution < 1.29 is 4.74 Å². The van der Waals surface area contributed by atoms with E-state index in [1.165, 1.54) is 32.1 Å². The van der Waals surface area contributed by atoms with E-state index in [0.29, 0.717) is 12.5 Å². The van der Waals surface area contributed by atoms with Gasteiger partial charge in [-0.1, -0.05) is 25.3 Å². The number of aromatic nitrogens is 2. The van der Waals surface area contributed by atoms with Crippen LogP contribution >= 0.6 is 0 Å². The molecule has 5 rings (SSSR count). The quantitative estimate of drug-likeness (QED) is 0.703. The van der Waals surface area contributed by atoms with Gasteiger partial charge in [-0.25, -0.2) is 4.98 Å². The molecular formula is C23H24N4O. The minimum Gasteiger partial charge on any atom is -0.477 e. The summed E-state index contributed by atoms with van der Waals surface area (Å²) in [5.41, 5.74) is 3.09. The van der Waals surface area contributed by atoms with Crippen molar-refractivity contribution in [3.63, 3.8) is 0 Å². The van der Waals surface area contributed by atoms with Crippen molar-refractivity contribution in [2.45, 2.75) is 38.6 Å². The van der Waals surface area contributed by atoms with Gasteiger partial charge in [0.2, 0.25) is 5.88 Å². The standard InChI is InChI=1S/C23H24N4O/c1-2-5-16(6-3-1)15-28-23-20-9-8-19(13-17(20)10-12-25-23)27-22-21-18(14-26-22)7-4-11-24-21/h4,7-13,16H,1-3,5-6,14-15H2,(H,26,27). The summed E-state index contributed by atoms with van der Waals surface area (Å²) >= 11 is 0. The van der Waals surface area contributed by atoms with Crippen LogP contribution < -0.4 is 10.1 Å². The van der Waals surface area contributed by atoms with Gasteiger partial charge in [-0.05, 0) is 54.5 Å². The van der Waals surface area contributed by atoms with Crippen LogP contribution in [-0.2, 0) is 6.54 Å². The third-order valence-corrected chi connectivity index (χ3v) is 5.69. The van der Waals surface area contributed by atoms with Gasteiger partial charge in [-0.2, -0.15) is 0 Å². The lowest BCUT2D eigenvalue weighted by Gasteiger charge is -2.21. The molecule has 5 heteroatoms. The highest BCUT2D eigenvalue weighted by molar-refractivity contribution is 6.10. The van der Waals surface area contributed by atoms with Crippen molar-refractivity contribution >= 4 is 22.3 Å². The van der Waals surface area contributed by atoms with Gasteiger partial charge in [0, 0.05) is 29.0 Å². The summed E-state index contributed by atoms with van der Waals surface area (Å²) in [5, 5.41) is 5.58. The Balaban J connectivity index is 1.34. The molecule has 0 bridgehead atoms. The third-order valence-electron chi connectivity index (χ3n) is 5.69. The molecule has 1 aromatic carbocycles. The second kappa shape index (κ2) is 7.58. The molecule has 5 nitrogen and oxygen atoms in total. The monoisotopic (exact) mass is 372 g/mol. The van der Waals surface area contributed by atoms with Crippen molar-refractivity contribution in [1.29, 1.82) is 0 Å². The van der Waals surface area contributed by atoms with Crippen LogP contribution in [0.5, 0.6) is 5.88 Å². The number of rotatable bonds is 4. The van der Waals surface area contributed by atoms with Crippen molar-refractivity contribution in [2.24, 2.45) is 10.9 Å². The normalized spacial score (nSPS) is 16.6. The van der Waals surface area contributed by atoms with Gasteiger partial charge in [-0.15, -0.1) is 0 Å². The summed E-state index contributed by atoms with van der Waals surface area (Å²) in [6.07, 6.45) is 10.2. The van der Waals surface area contributed by atoms with Crippen molar-refractivity contribution in [2.75, 3.05) is 11.9 Å². The molecule has 1 saturated carbocycles. The predicted molar refractivity (Wildman–Crippen MR) is 112 cm³/mol. The number of benzene rings is 1. The minimum absolute atomic E-state index is 0.666. The lowest BCUT2D eigenvalue weighted by Crippen LogP contribution is -2.15. The number of nitrogens with one attached hydrogen (secondary N) is 1. The first-order valence-electron chi connectivity index (χ1n) is 10.1. The van der Waals surface area contributed by atoms with Gasteiger partial charge in [0.25, 0.3) is 0 Å². The van der Waals surface area contributed by atoms with Gasteiger partial charge in [0.15, 0.2) is 5.84 Å². The maximum Gasteiger partial charge on any atom is 0.221 e. The van der Waals surface area contributed by atoms with Gasteiger partial charge >= 0.3 is 0 Å². The Bertz CT molecular complexity index is 1020. The molecule has 1 fully saturated rings. The summed E-state index contributed by atoms with van der Waals surface area (Å²) in [6.45, 7) is 1.45. The van der Waals surface area contributed by atoms with Gasteiger partial charge < -0.3 is 10.1 Å². The molecular weight excluding hydrogens is 348 g/mol. The van der Waals surface area contributed by atoms with Crippen LogP contribution in [0.2, 0.25) is 0 Å². The lowest BCUT2D eigenvalue weighted by molar-refractivity contribution is 0.205. The van der Waals surface area contributed by atoms with Gasteiger partial charge in [0.1, 0.15) is 5.69 Å². The number of ether oxygens (including phenoxy) is 1. The molecule has 2 aliphatic rings. The van der Waals surface area contributed by atoms with Gasteiger partial charge in [0.05, 0.1) is 13.2 Å². The molecule has 28 heavy (non-hydrogen) atoms. The van der Waals surface area contributed by atoms with Crippen LogP contribution in [0.25, 0.3) is 10.8 Å². The average Bonchev–Trinajstić information content (AvgIpc) is 3.16. The van der Waals surface area contributed by atoms with Crippen LogP contribution in [-0.4, -0.2) is 22.4 Å². The summed E-state index contributed by atoms with van der Waals surface area (Å²) < 4.78 is 6.11. The number of amidine groups is 1. The molecule has 3 heterocycles.